The van der Waals surface area contributed by atoms with Crippen molar-refractivity contribution in [2.24, 2.45) is 5.92 Å². The first-order chi connectivity index (χ1) is 6.34. The predicted molar refractivity (Wildman–Crippen MR) is 55.3 cm³/mol. The maximum absolute atomic E-state index is 9.80. The second-order valence-corrected chi connectivity index (χ2v) is 4.06. The fraction of sp³-hybridized carbons (Fsp3) is 0.833. The minimum absolute atomic E-state index is 0.0553. The first-order valence-corrected chi connectivity index (χ1v) is 5.46. The van der Waals surface area contributed by atoms with Gasteiger partial charge in [0.15, 0.2) is 0 Å². The van der Waals surface area contributed by atoms with Crippen LogP contribution in [0.3, 0.4) is 0 Å². The molecule has 0 aromatic rings. The van der Waals surface area contributed by atoms with Crippen LogP contribution in [0.4, 0.5) is 0 Å². The van der Waals surface area contributed by atoms with Gasteiger partial charge in [-0.3, -0.25) is 0 Å². The zero-order valence-electron chi connectivity index (χ0n) is 8.34. The Hall–Kier alpha value is -0.480. The summed E-state index contributed by atoms with van der Waals surface area (Å²) in [5, 5.41) is 9.80. The van der Waals surface area contributed by atoms with Gasteiger partial charge >= 0.3 is 0 Å². The van der Waals surface area contributed by atoms with E-state index in [0.29, 0.717) is 5.92 Å². The standard InChI is InChI=1S/C12H20O/c1-2-3-5-8-11-9-6-4-7-10-12(11)13/h1,11-13H,3-10H2/t11-,12-/m1/s1. The number of aliphatic hydroxyl groups is 1. The minimum Gasteiger partial charge on any atom is -0.393 e. The van der Waals surface area contributed by atoms with Gasteiger partial charge in [0.2, 0.25) is 0 Å². The average molecular weight is 180 g/mol. The normalized spacial score (nSPS) is 29.2. The van der Waals surface area contributed by atoms with Crippen molar-refractivity contribution >= 4 is 0 Å². The Morgan fingerprint density at radius 2 is 2.00 bits per heavy atom. The largest absolute Gasteiger partial charge is 0.393 e. The van der Waals surface area contributed by atoms with E-state index in [1.54, 1.807) is 0 Å². The van der Waals surface area contributed by atoms with Crippen LogP contribution in [0.5, 0.6) is 0 Å². The van der Waals surface area contributed by atoms with Crippen molar-refractivity contribution < 1.29 is 5.11 Å². The Kier molecular flexibility index (Phi) is 4.93. The fourth-order valence-corrected chi connectivity index (χ4v) is 2.17. The van der Waals surface area contributed by atoms with Crippen molar-refractivity contribution in [2.45, 2.75) is 57.5 Å². The van der Waals surface area contributed by atoms with E-state index in [2.05, 4.69) is 5.92 Å². The van der Waals surface area contributed by atoms with Crippen LogP contribution in [0.25, 0.3) is 0 Å². The second-order valence-electron chi connectivity index (χ2n) is 4.06. The van der Waals surface area contributed by atoms with E-state index in [1.807, 2.05) is 0 Å². The third kappa shape index (κ3) is 3.83. The van der Waals surface area contributed by atoms with Crippen molar-refractivity contribution in [2.75, 3.05) is 0 Å². The third-order valence-electron chi connectivity index (χ3n) is 3.01. The Morgan fingerprint density at radius 3 is 2.77 bits per heavy atom. The lowest BCUT2D eigenvalue weighted by Gasteiger charge is -2.19. The zero-order chi connectivity index (χ0) is 9.52. The van der Waals surface area contributed by atoms with E-state index in [-0.39, 0.29) is 6.10 Å². The quantitative estimate of drug-likeness (QED) is 0.402. The van der Waals surface area contributed by atoms with Gasteiger partial charge in [0, 0.05) is 6.42 Å². The van der Waals surface area contributed by atoms with E-state index >= 15 is 0 Å². The summed E-state index contributed by atoms with van der Waals surface area (Å²) in [6, 6.07) is 0. The lowest BCUT2D eigenvalue weighted by molar-refractivity contribution is 0.0949. The molecule has 1 aliphatic rings. The molecule has 1 saturated carbocycles. The first kappa shape index (κ1) is 10.6. The topological polar surface area (TPSA) is 20.2 Å². The second kappa shape index (κ2) is 6.05. The molecule has 1 rings (SSSR count). The number of unbranched alkanes of at least 4 members (excludes halogenated alkanes) is 1. The first-order valence-electron chi connectivity index (χ1n) is 5.46. The van der Waals surface area contributed by atoms with Gasteiger partial charge in [-0.2, -0.15) is 0 Å². The Balaban J connectivity index is 2.24. The van der Waals surface area contributed by atoms with Gasteiger partial charge in [-0.05, 0) is 31.6 Å². The summed E-state index contributed by atoms with van der Waals surface area (Å²) in [5.41, 5.74) is 0. The van der Waals surface area contributed by atoms with Gasteiger partial charge in [-0.25, -0.2) is 0 Å². The third-order valence-corrected chi connectivity index (χ3v) is 3.01. The van der Waals surface area contributed by atoms with Gasteiger partial charge in [0.1, 0.15) is 0 Å². The van der Waals surface area contributed by atoms with E-state index in [9.17, 15) is 5.11 Å². The SMILES string of the molecule is C#CCCC[C@@H]1CCCCC[C@H]1O. The molecular weight excluding hydrogens is 160 g/mol. The van der Waals surface area contributed by atoms with Crippen LogP contribution < -0.4 is 0 Å². The number of rotatable bonds is 3. The van der Waals surface area contributed by atoms with Crippen molar-refractivity contribution in [3.63, 3.8) is 0 Å². The van der Waals surface area contributed by atoms with Gasteiger partial charge in [-0.1, -0.05) is 19.3 Å². The van der Waals surface area contributed by atoms with Gasteiger partial charge < -0.3 is 5.11 Å². The van der Waals surface area contributed by atoms with Crippen molar-refractivity contribution in [3.05, 3.63) is 0 Å². The monoisotopic (exact) mass is 180 g/mol. The molecule has 74 valence electrons. The fourth-order valence-electron chi connectivity index (χ4n) is 2.17. The molecule has 1 N–H and O–H groups in total. The molecule has 13 heavy (non-hydrogen) atoms. The van der Waals surface area contributed by atoms with Crippen LogP contribution in [-0.4, -0.2) is 11.2 Å². The zero-order valence-corrected chi connectivity index (χ0v) is 8.34. The Labute approximate surface area is 81.5 Å². The molecule has 0 saturated heterocycles. The molecule has 0 spiro atoms. The molecule has 0 heterocycles. The summed E-state index contributed by atoms with van der Waals surface area (Å²) in [4.78, 5) is 0. The summed E-state index contributed by atoms with van der Waals surface area (Å²) in [7, 11) is 0. The van der Waals surface area contributed by atoms with Crippen molar-refractivity contribution in [1.29, 1.82) is 0 Å². The van der Waals surface area contributed by atoms with E-state index in [1.165, 1.54) is 25.7 Å². The van der Waals surface area contributed by atoms with Crippen LogP contribution in [-0.2, 0) is 0 Å². The summed E-state index contributed by atoms with van der Waals surface area (Å²) < 4.78 is 0. The van der Waals surface area contributed by atoms with Gasteiger partial charge in [-0.15, -0.1) is 12.3 Å². The molecule has 0 unspecified atom stereocenters. The highest BCUT2D eigenvalue weighted by Crippen LogP contribution is 2.27. The predicted octanol–water partition coefficient (Wildman–Crippen LogP) is 2.73. The molecular formula is C12H20O. The molecule has 0 aliphatic heterocycles. The average Bonchev–Trinajstić information content (AvgIpc) is 2.32. The number of aliphatic hydroxyl groups excluding tert-OH is 1. The minimum atomic E-state index is -0.0553. The maximum Gasteiger partial charge on any atom is 0.0568 e. The van der Waals surface area contributed by atoms with Crippen LogP contribution in [0, 0.1) is 18.3 Å². The summed E-state index contributed by atoms with van der Waals surface area (Å²) in [6.45, 7) is 0. The number of hydrogen-bond donors (Lipinski definition) is 1. The van der Waals surface area contributed by atoms with E-state index in [4.69, 9.17) is 6.42 Å². The lowest BCUT2D eigenvalue weighted by atomic mass is 9.92. The van der Waals surface area contributed by atoms with Crippen LogP contribution >= 0.6 is 0 Å². The van der Waals surface area contributed by atoms with E-state index in [0.717, 1.165) is 25.7 Å². The van der Waals surface area contributed by atoms with Crippen LogP contribution in [0.1, 0.15) is 51.4 Å². The van der Waals surface area contributed by atoms with E-state index < -0.39 is 0 Å². The van der Waals surface area contributed by atoms with Crippen LogP contribution in [0.15, 0.2) is 0 Å². The molecule has 0 bridgehead atoms. The maximum atomic E-state index is 9.80. The molecule has 0 aromatic heterocycles. The molecule has 0 aromatic carbocycles. The Morgan fingerprint density at radius 1 is 1.23 bits per heavy atom. The highest BCUT2D eigenvalue weighted by molar-refractivity contribution is 4.84. The highest BCUT2D eigenvalue weighted by Gasteiger charge is 2.20. The summed E-state index contributed by atoms with van der Waals surface area (Å²) in [5.74, 6) is 3.18. The molecule has 1 fully saturated rings. The highest BCUT2D eigenvalue weighted by atomic mass is 16.3. The molecule has 1 heteroatoms. The molecule has 2 atom stereocenters. The van der Waals surface area contributed by atoms with Gasteiger partial charge in [0.05, 0.1) is 6.10 Å². The number of hydrogen-bond acceptors (Lipinski definition) is 1. The molecule has 0 radical (unpaired) electrons. The number of terminal acetylenes is 1. The van der Waals surface area contributed by atoms with Crippen molar-refractivity contribution in [3.8, 4) is 12.3 Å². The molecule has 0 amide bonds. The smallest absolute Gasteiger partial charge is 0.0568 e. The van der Waals surface area contributed by atoms with Crippen molar-refractivity contribution in [1.82, 2.24) is 0 Å². The molecule has 1 nitrogen and oxygen atoms in total. The lowest BCUT2D eigenvalue weighted by Crippen LogP contribution is -2.18. The molecule has 1 aliphatic carbocycles. The van der Waals surface area contributed by atoms with Crippen LogP contribution in [0.2, 0.25) is 0 Å². The summed E-state index contributed by atoms with van der Waals surface area (Å²) in [6.07, 6.45) is 14.2. The Bertz CT molecular complexity index is 168. The summed E-state index contributed by atoms with van der Waals surface area (Å²) >= 11 is 0. The van der Waals surface area contributed by atoms with Gasteiger partial charge in [0.25, 0.3) is 0 Å².